The molecule has 0 bridgehead atoms. The van der Waals surface area contributed by atoms with E-state index in [1.807, 2.05) is 6.07 Å². The average Bonchev–Trinajstić information content (AvgIpc) is 2.56. The first-order valence-corrected chi connectivity index (χ1v) is 7.41. The van der Waals surface area contributed by atoms with Crippen LogP contribution in [-0.4, -0.2) is 43.2 Å². The van der Waals surface area contributed by atoms with Crippen molar-refractivity contribution in [3.8, 4) is 0 Å². The van der Waals surface area contributed by atoms with Crippen molar-refractivity contribution >= 4 is 29.1 Å². The van der Waals surface area contributed by atoms with Gasteiger partial charge in [0, 0.05) is 38.9 Å². The van der Waals surface area contributed by atoms with Crippen LogP contribution in [0.2, 0.25) is 5.02 Å². The Hall–Kier alpha value is -2.01. The van der Waals surface area contributed by atoms with Gasteiger partial charge < -0.3 is 15.1 Å². The smallest absolute Gasteiger partial charge is 0.224 e. The van der Waals surface area contributed by atoms with E-state index in [1.54, 1.807) is 13.2 Å². The lowest BCUT2D eigenvalue weighted by molar-refractivity contribution is 0.647. The summed E-state index contributed by atoms with van der Waals surface area (Å²) in [6.45, 7) is 3.71. The van der Waals surface area contributed by atoms with Gasteiger partial charge in [0.1, 0.15) is 5.02 Å². The molecule has 6 heteroatoms. The molecule has 0 unspecified atom stereocenters. The molecule has 1 N–H and O–H groups in total. The summed E-state index contributed by atoms with van der Waals surface area (Å²) in [5, 5.41) is 3.55. The van der Waals surface area contributed by atoms with Gasteiger partial charge in [-0.25, -0.2) is 4.98 Å². The predicted octanol–water partition coefficient (Wildman–Crippen LogP) is 2.50. The molecule has 0 atom stereocenters. The number of para-hydroxylation sites is 1. The number of nitrogens with zero attached hydrogens (tertiary/aromatic N) is 4. The highest BCUT2D eigenvalue weighted by Crippen LogP contribution is 2.25. The maximum atomic E-state index is 6.23. The van der Waals surface area contributed by atoms with E-state index in [4.69, 9.17) is 11.6 Å². The van der Waals surface area contributed by atoms with Crippen molar-refractivity contribution < 1.29 is 0 Å². The minimum absolute atomic E-state index is 0.597. The topological polar surface area (TPSA) is 44.3 Å². The summed E-state index contributed by atoms with van der Waals surface area (Å²) in [6.07, 6.45) is 1.65. The summed E-state index contributed by atoms with van der Waals surface area (Å²) in [7, 11) is 1.81. The summed E-state index contributed by atoms with van der Waals surface area (Å²) in [6, 6.07) is 10.5. The number of anilines is 3. The molecule has 1 aromatic carbocycles. The van der Waals surface area contributed by atoms with Gasteiger partial charge in [-0.15, -0.1) is 0 Å². The van der Waals surface area contributed by atoms with Crippen LogP contribution in [0.5, 0.6) is 0 Å². The molecular formula is C15H18ClN5. The minimum atomic E-state index is 0.597. The van der Waals surface area contributed by atoms with Gasteiger partial charge in [0.2, 0.25) is 5.95 Å². The third kappa shape index (κ3) is 3.03. The van der Waals surface area contributed by atoms with Gasteiger partial charge in [-0.1, -0.05) is 29.8 Å². The SMILES string of the molecule is CNc1ncc(Cl)c(N2CCN(c3ccccc3)CC2)n1. The first-order chi connectivity index (χ1) is 10.3. The number of hydrogen-bond acceptors (Lipinski definition) is 5. The number of hydrogen-bond donors (Lipinski definition) is 1. The van der Waals surface area contributed by atoms with Gasteiger partial charge in [-0.3, -0.25) is 0 Å². The van der Waals surface area contributed by atoms with Crippen molar-refractivity contribution in [2.75, 3.05) is 48.3 Å². The minimum Gasteiger partial charge on any atom is -0.368 e. The zero-order valence-corrected chi connectivity index (χ0v) is 12.7. The fourth-order valence-electron chi connectivity index (χ4n) is 2.52. The molecule has 2 heterocycles. The van der Waals surface area contributed by atoms with Crippen molar-refractivity contribution in [3.63, 3.8) is 0 Å². The Bertz CT molecular complexity index is 596. The number of rotatable bonds is 3. The number of benzene rings is 1. The van der Waals surface area contributed by atoms with Crippen LogP contribution in [0.15, 0.2) is 36.5 Å². The van der Waals surface area contributed by atoms with E-state index in [0.29, 0.717) is 11.0 Å². The van der Waals surface area contributed by atoms with E-state index >= 15 is 0 Å². The molecule has 110 valence electrons. The van der Waals surface area contributed by atoms with Crippen molar-refractivity contribution in [1.82, 2.24) is 9.97 Å². The van der Waals surface area contributed by atoms with Crippen molar-refractivity contribution in [2.45, 2.75) is 0 Å². The first kappa shape index (κ1) is 13.9. The highest BCUT2D eigenvalue weighted by Gasteiger charge is 2.20. The maximum Gasteiger partial charge on any atom is 0.224 e. The lowest BCUT2D eigenvalue weighted by Gasteiger charge is -2.37. The Kier molecular flexibility index (Phi) is 4.10. The fraction of sp³-hybridized carbons (Fsp3) is 0.333. The van der Waals surface area contributed by atoms with E-state index in [1.165, 1.54) is 5.69 Å². The molecule has 3 rings (SSSR count). The van der Waals surface area contributed by atoms with E-state index in [9.17, 15) is 0 Å². The van der Waals surface area contributed by atoms with Gasteiger partial charge in [-0.05, 0) is 12.1 Å². The largest absolute Gasteiger partial charge is 0.368 e. The Balaban J connectivity index is 1.71. The second kappa shape index (κ2) is 6.18. The Morgan fingerprint density at radius 1 is 1.05 bits per heavy atom. The van der Waals surface area contributed by atoms with Gasteiger partial charge >= 0.3 is 0 Å². The first-order valence-electron chi connectivity index (χ1n) is 7.03. The van der Waals surface area contributed by atoms with E-state index in [2.05, 4.69) is 49.4 Å². The zero-order valence-electron chi connectivity index (χ0n) is 12.0. The van der Waals surface area contributed by atoms with Gasteiger partial charge in [0.05, 0.1) is 6.20 Å². The van der Waals surface area contributed by atoms with Crippen LogP contribution in [-0.2, 0) is 0 Å². The number of piperazine rings is 1. The Morgan fingerprint density at radius 3 is 2.38 bits per heavy atom. The van der Waals surface area contributed by atoms with Gasteiger partial charge in [0.15, 0.2) is 5.82 Å². The molecule has 5 nitrogen and oxygen atoms in total. The van der Waals surface area contributed by atoms with Crippen LogP contribution < -0.4 is 15.1 Å². The summed E-state index contributed by atoms with van der Waals surface area (Å²) >= 11 is 6.23. The summed E-state index contributed by atoms with van der Waals surface area (Å²) in [5.41, 5.74) is 1.27. The van der Waals surface area contributed by atoms with E-state index < -0.39 is 0 Å². The average molecular weight is 304 g/mol. The monoisotopic (exact) mass is 303 g/mol. The van der Waals surface area contributed by atoms with Crippen LogP contribution in [0.4, 0.5) is 17.5 Å². The normalized spacial score (nSPS) is 15.1. The summed E-state index contributed by atoms with van der Waals surface area (Å²) in [4.78, 5) is 13.2. The molecule has 0 aliphatic carbocycles. The second-order valence-electron chi connectivity index (χ2n) is 4.92. The molecule has 0 amide bonds. The van der Waals surface area contributed by atoms with Crippen LogP contribution >= 0.6 is 11.6 Å². The van der Waals surface area contributed by atoms with Crippen LogP contribution in [0, 0.1) is 0 Å². The zero-order chi connectivity index (χ0) is 14.7. The summed E-state index contributed by atoms with van der Waals surface area (Å²) < 4.78 is 0. The standard InChI is InChI=1S/C15H18ClN5/c1-17-15-18-11-13(16)14(19-15)21-9-7-20(8-10-21)12-5-3-2-4-6-12/h2-6,11H,7-10H2,1H3,(H,17,18,19). The quantitative estimate of drug-likeness (QED) is 0.944. The van der Waals surface area contributed by atoms with Gasteiger partial charge in [-0.2, -0.15) is 4.98 Å². The molecule has 0 spiro atoms. The van der Waals surface area contributed by atoms with Crippen LogP contribution in [0.1, 0.15) is 0 Å². The number of nitrogens with one attached hydrogen (secondary N) is 1. The molecule has 0 radical (unpaired) electrons. The molecule has 1 aliphatic heterocycles. The molecule has 21 heavy (non-hydrogen) atoms. The van der Waals surface area contributed by atoms with Crippen molar-refractivity contribution in [3.05, 3.63) is 41.6 Å². The van der Waals surface area contributed by atoms with Crippen LogP contribution in [0.3, 0.4) is 0 Å². The van der Waals surface area contributed by atoms with Crippen molar-refractivity contribution in [1.29, 1.82) is 0 Å². The number of aromatic nitrogens is 2. The third-order valence-electron chi connectivity index (χ3n) is 3.65. The molecule has 1 aliphatic rings. The molecule has 1 aromatic heterocycles. The second-order valence-corrected chi connectivity index (χ2v) is 5.33. The molecule has 1 saturated heterocycles. The molecular weight excluding hydrogens is 286 g/mol. The van der Waals surface area contributed by atoms with E-state index in [-0.39, 0.29) is 0 Å². The highest BCUT2D eigenvalue weighted by molar-refractivity contribution is 6.32. The Morgan fingerprint density at radius 2 is 1.71 bits per heavy atom. The lowest BCUT2D eigenvalue weighted by atomic mass is 10.2. The van der Waals surface area contributed by atoms with Crippen molar-refractivity contribution in [2.24, 2.45) is 0 Å². The maximum absolute atomic E-state index is 6.23. The highest BCUT2D eigenvalue weighted by atomic mass is 35.5. The fourth-order valence-corrected chi connectivity index (χ4v) is 2.73. The third-order valence-corrected chi connectivity index (χ3v) is 3.92. The molecule has 0 saturated carbocycles. The Labute approximate surface area is 129 Å². The molecule has 2 aromatic rings. The molecule has 1 fully saturated rings. The van der Waals surface area contributed by atoms with E-state index in [0.717, 1.165) is 32.0 Å². The number of halogens is 1. The lowest BCUT2D eigenvalue weighted by Crippen LogP contribution is -2.47. The summed E-state index contributed by atoms with van der Waals surface area (Å²) in [5.74, 6) is 1.41. The van der Waals surface area contributed by atoms with Gasteiger partial charge in [0.25, 0.3) is 0 Å². The van der Waals surface area contributed by atoms with Crippen LogP contribution in [0.25, 0.3) is 0 Å². The predicted molar refractivity (Wildman–Crippen MR) is 87.5 cm³/mol.